The Morgan fingerprint density at radius 1 is 1.37 bits per heavy atom. The molecule has 2 unspecified atom stereocenters. The number of rotatable bonds is 9. The van der Waals surface area contributed by atoms with Crippen molar-refractivity contribution in [2.24, 2.45) is 11.3 Å². The van der Waals surface area contributed by atoms with Crippen molar-refractivity contribution in [3.05, 3.63) is 12.7 Å². The average molecular weight is 426 g/mol. The Kier molecular flexibility index (Phi) is 8.01. The van der Waals surface area contributed by atoms with Crippen LogP contribution in [0.15, 0.2) is 12.7 Å². The van der Waals surface area contributed by atoms with Crippen LogP contribution in [0.25, 0.3) is 0 Å². The Bertz CT molecular complexity index is 665. The van der Waals surface area contributed by atoms with Gasteiger partial charge in [0.15, 0.2) is 12.4 Å². The van der Waals surface area contributed by atoms with Gasteiger partial charge in [-0.1, -0.05) is 19.9 Å². The van der Waals surface area contributed by atoms with Crippen molar-refractivity contribution in [3.8, 4) is 0 Å². The predicted octanol–water partition coefficient (Wildman–Crippen LogP) is 0.874. The highest BCUT2D eigenvalue weighted by Crippen LogP contribution is 2.27. The molecule has 0 aromatic carbocycles. The van der Waals surface area contributed by atoms with Crippen molar-refractivity contribution < 1.29 is 29.0 Å². The number of aliphatic hydroxyl groups is 1. The molecule has 0 radical (unpaired) electrons. The second kappa shape index (κ2) is 9.89. The Morgan fingerprint density at radius 3 is 2.53 bits per heavy atom. The molecule has 0 spiro atoms. The first-order valence-corrected chi connectivity index (χ1v) is 10.5. The third-order valence-electron chi connectivity index (χ3n) is 5.42. The van der Waals surface area contributed by atoms with Gasteiger partial charge in [0.1, 0.15) is 12.1 Å². The van der Waals surface area contributed by atoms with E-state index in [1.165, 1.54) is 5.01 Å². The number of epoxide rings is 1. The number of carbonyl (C=O) groups is 3. The highest BCUT2D eigenvalue weighted by Gasteiger charge is 2.46. The SMILES string of the molecule is C=CCC(C)(C)C(=O)O[C@H](C(=O)N[C@@H](C)C(=O)N1CCC[C@@H](C2OC2O)N1)C(C)C. The van der Waals surface area contributed by atoms with Crippen molar-refractivity contribution in [1.29, 1.82) is 0 Å². The van der Waals surface area contributed by atoms with Crippen LogP contribution in [0.4, 0.5) is 0 Å². The van der Waals surface area contributed by atoms with Crippen LogP contribution in [0.5, 0.6) is 0 Å². The average Bonchev–Trinajstić information content (AvgIpc) is 3.41. The summed E-state index contributed by atoms with van der Waals surface area (Å²) in [4.78, 5) is 38.1. The summed E-state index contributed by atoms with van der Waals surface area (Å²) in [6, 6.07) is -0.952. The zero-order valence-corrected chi connectivity index (χ0v) is 18.5. The second-order valence-electron chi connectivity index (χ2n) is 9.04. The molecule has 2 aliphatic heterocycles. The third kappa shape index (κ3) is 6.02. The van der Waals surface area contributed by atoms with E-state index in [-0.39, 0.29) is 24.0 Å². The van der Waals surface area contributed by atoms with Gasteiger partial charge in [-0.3, -0.25) is 19.4 Å². The maximum Gasteiger partial charge on any atom is 0.312 e. The fourth-order valence-corrected chi connectivity index (χ4v) is 3.42. The molecule has 2 amide bonds. The number of aliphatic hydroxyl groups excluding tert-OH is 1. The first-order valence-electron chi connectivity index (χ1n) is 10.5. The minimum Gasteiger partial charge on any atom is -0.452 e. The van der Waals surface area contributed by atoms with Crippen LogP contribution < -0.4 is 10.7 Å². The number of nitrogens with zero attached hydrogens (tertiary/aromatic N) is 1. The number of nitrogens with one attached hydrogen (secondary N) is 2. The molecule has 5 atom stereocenters. The van der Waals surface area contributed by atoms with Crippen LogP contribution in [0, 0.1) is 11.3 Å². The van der Waals surface area contributed by atoms with Gasteiger partial charge in [0.05, 0.1) is 11.5 Å². The highest BCUT2D eigenvalue weighted by molar-refractivity contribution is 5.90. The Hall–Kier alpha value is -1.97. The second-order valence-corrected chi connectivity index (χ2v) is 9.04. The Labute approximate surface area is 178 Å². The van der Waals surface area contributed by atoms with E-state index < -0.39 is 35.7 Å². The fraction of sp³-hybridized carbons (Fsp3) is 0.762. The molecule has 9 nitrogen and oxygen atoms in total. The van der Waals surface area contributed by atoms with E-state index in [2.05, 4.69) is 17.3 Å². The smallest absolute Gasteiger partial charge is 0.312 e. The summed E-state index contributed by atoms with van der Waals surface area (Å²) in [5.41, 5.74) is 2.28. The molecule has 9 heteroatoms. The molecular formula is C21H35N3O6. The molecule has 30 heavy (non-hydrogen) atoms. The van der Waals surface area contributed by atoms with Crippen LogP contribution in [0.2, 0.25) is 0 Å². The van der Waals surface area contributed by atoms with E-state index in [1.807, 2.05) is 0 Å². The van der Waals surface area contributed by atoms with Crippen molar-refractivity contribution in [1.82, 2.24) is 15.8 Å². The zero-order valence-electron chi connectivity index (χ0n) is 18.5. The number of carbonyl (C=O) groups excluding carboxylic acids is 3. The summed E-state index contributed by atoms with van der Waals surface area (Å²) < 4.78 is 10.6. The van der Waals surface area contributed by atoms with Crippen molar-refractivity contribution in [2.45, 2.75) is 84.5 Å². The van der Waals surface area contributed by atoms with Gasteiger partial charge >= 0.3 is 5.97 Å². The first kappa shape index (κ1) is 24.3. The van der Waals surface area contributed by atoms with Gasteiger partial charge in [-0.05, 0) is 46.0 Å². The van der Waals surface area contributed by atoms with Crippen LogP contribution in [0.1, 0.15) is 53.9 Å². The molecule has 0 bridgehead atoms. The zero-order chi connectivity index (χ0) is 22.6. The van der Waals surface area contributed by atoms with Crippen molar-refractivity contribution in [2.75, 3.05) is 6.54 Å². The van der Waals surface area contributed by atoms with Gasteiger partial charge in [-0.2, -0.15) is 0 Å². The van der Waals surface area contributed by atoms with E-state index in [1.54, 1.807) is 40.7 Å². The van der Waals surface area contributed by atoms with Gasteiger partial charge in [-0.25, -0.2) is 5.43 Å². The van der Waals surface area contributed by atoms with Crippen LogP contribution >= 0.6 is 0 Å². The third-order valence-corrected chi connectivity index (χ3v) is 5.42. The number of hydrazine groups is 1. The van der Waals surface area contributed by atoms with Gasteiger partial charge < -0.3 is 19.9 Å². The summed E-state index contributed by atoms with van der Waals surface area (Å²) in [6.45, 7) is 12.8. The normalized spacial score (nSPS) is 26.0. The fourth-order valence-electron chi connectivity index (χ4n) is 3.42. The summed E-state index contributed by atoms with van der Waals surface area (Å²) in [7, 11) is 0. The van der Waals surface area contributed by atoms with E-state index in [0.717, 1.165) is 12.8 Å². The lowest BCUT2D eigenvalue weighted by Crippen LogP contribution is -2.59. The number of ether oxygens (including phenoxy) is 2. The first-order chi connectivity index (χ1) is 14.0. The van der Waals surface area contributed by atoms with Gasteiger partial charge in [0, 0.05) is 6.54 Å². The monoisotopic (exact) mass is 425 g/mol. The summed E-state index contributed by atoms with van der Waals surface area (Å²) in [6.07, 6.45) is 1.51. The lowest BCUT2D eigenvalue weighted by atomic mass is 9.89. The summed E-state index contributed by atoms with van der Waals surface area (Å²) in [5, 5.41) is 13.6. The molecule has 2 heterocycles. The molecule has 0 aromatic rings. The molecule has 170 valence electrons. The van der Waals surface area contributed by atoms with E-state index in [4.69, 9.17) is 9.47 Å². The minimum atomic E-state index is -1.01. The van der Waals surface area contributed by atoms with E-state index in [9.17, 15) is 19.5 Å². The molecule has 2 saturated heterocycles. The molecule has 0 aromatic heterocycles. The molecule has 0 aliphatic carbocycles. The lowest BCUT2D eigenvalue weighted by molar-refractivity contribution is -0.167. The van der Waals surface area contributed by atoms with Crippen LogP contribution in [-0.4, -0.2) is 65.0 Å². The van der Waals surface area contributed by atoms with Crippen LogP contribution in [-0.2, 0) is 23.9 Å². The molecule has 3 N–H and O–H groups in total. The molecular weight excluding hydrogens is 390 g/mol. The van der Waals surface area contributed by atoms with Gasteiger partial charge in [0.25, 0.3) is 11.8 Å². The predicted molar refractivity (Wildman–Crippen MR) is 110 cm³/mol. The minimum absolute atomic E-state index is 0.142. The maximum absolute atomic E-state index is 12.8. The van der Waals surface area contributed by atoms with Crippen LogP contribution in [0.3, 0.4) is 0 Å². The topological polar surface area (TPSA) is 120 Å². The Balaban J connectivity index is 1.94. The summed E-state index contributed by atoms with van der Waals surface area (Å²) >= 11 is 0. The number of hydrogen-bond donors (Lipinski definition) is 3. The number of esters is 1. The Morgan fingerprint density at radius 2 is 2.00 bits per heavy atom. The highest BCUT2D eigenvalue weighted by atomic mass is 16.7. The largest absolute Gasteiger partial charge is 0.452 e. The van der Waals surface area contributed by atoms with Crippen molar-refractivity contribution in [3.63, 3.8) is 0 Å². The van der Waals surface area contributed by atoms with E-state index in [0.29, 0.717) is 13.0 Å². The van der Waals surface area contributed by atoms with Crippen molar-refractivity contribution >= 4 is 17.8 Å². The number of amides is 2. The molecule has 2 rings (SSSR count). The molecule has 2 aliphatic rings. The molecule has 0 saturated carbocycles. The molecule has 2 fully saturated rings. The van der Waals surface area contributed by atoms with Gasteiger partial charge in [-0.15, -0.1) is 6.58 Å². The van der Waals surface area contributed by atoms with Gasteiger partial charge in [0.2, 0.25) is 0 Å². The van der Waals surface area contributed by atoms with E-state index >= 15 is 0 Å². The standard InChI is InChI=1S/C21H35N3O6/c1-7-10-21(5,6)20(28)30-15(12(2)3)17(25)22-13(4)18(26)24-11-8-9-14(23-24)16-19(27)29-16/h7,12-16,19,23,27H,1,8-11H2,2-6H3,(H,22,25)/t13-,14-,15-,16?,19?/m0/s1. The number of hydrogen-bond acceptors (Lipinski definition) is 7. The number of allylic oxidation sites excluding steroid dienone is 1. The summed E-state index contributed by atoms with van der Waals surface area (Å²) in [5.74, 6) is -1.56. The quantitative estimate of drug-likeness (QED) is 0.285. The lowest BCUT2D eigenvalue weighted by Gasteiger charge is -2.35. The maximum atomic E-state index is 12.8.